The van der Waals surface area contributed by atoms with E-state index in [0.717, 1.165) is 0 Å². The number of carbonyl (C=O) groups excluding carboxylic acids is 2. The Morgan fingerprint density at radius 1 is 1.33 bits per heavy atom. The number of rotatable bonds is 6. The summed E-state index contributed by atoms with van der Waals surface area (Å²) < 4.78 is 4.42. The number of aryl methyl sites for hydroxylation is 1. The van der Waals surface area contributed by atoms with Gasteiger partial charge in [-0.2, -0.15) is 0 Å². The molecule has 1 aromatic rings. The van der Waals surface area contributed by atoms with E-state index in [1.54, 1.807) is 13.0 Å². The van der Waals surface area contributed by atoms with Crippen LogP contribution in [0.1, 0.15) is 28.8 Å². The van der Waals surface area contributed by atoms with Crippen molar-refractivity contribution in [2.45, 2.75) is 25.8 Å². The Kier molecular flexibility index (Phi) is 5.71. The van der Waals surface area contributed by atoms with Gasteiger partial charge in [0.05, 0.1) is 7.11 Å². The van der Waals surface area contributed by atoms with Crippen LogP contribution in [0.2, 0.25) is 0 Å². The van der Waals surface area contributed by atoms with Crippen molar-refractivity contribution in [1.82, 2.24) is 5.32 Å². The van der Waals surface area contributed by atoms with E-state index in [0.29, 0.717) is 5.56 Å². The molecule has 0 aromatic heterocycles. The molecule has 0 radical (unpaired) electrons. The van der Waals surface area contributed by atoms with Gasteiger partial charge in [-0.05, 0) is 31.0 Å². The van der Waals surface area contributed by atoms with Gasteiger partial charge in [0.15, 0.2) is 0 Å². The fourth-order valence-electron chi connectivity index (χ4n) is 1.61. The van der Waals surface area contributed by atoms with Gasteiger partial charge in [-0.15, -0.1) is 0 Å². The van der Waals surface area contributed by atoms with Crippen molar-refractivity contribution in [3.63, 3.8) is 0 Å². The fourth-order valence-corrected chi connectivity index (χ4v) is 1.61. The minimum Gasteiger partial charge on any atom is -0.508 e. The third-order valence-electron chi connectivity index (χ3n) is 2.94. The highest BCUT2D eigenvalue weighted by atomic mass is 16.5. The van der Waals surface area contributed by atoms with Crippen molar-refractivity contribution in [2.24, 2.45) is 0 Å². The second kappa shape index (κ2) is 7.28. The summed E-state index contributed by atoms with van der Waals surface area (Å²) >= 11 is 0. The van der Waals surface area contributed by atoms with Crippen molar-refractivity contribution in [2.75, 3.05) is 7.11 Å². The van der Waals surface area contributed by atoms with E-state index < -0.39 is 23.9 Å². The van der Waals surface area contributed by atoms with Crippen LogP contribution < -0.4 is 5.32 Å². The van der Waals surface area contributed by atoms with Gasteiger partial charge >= 0.3 is 11.9 Å². The number of carboxylic acid groups (broad SMARTS) is 1. The monoisotopic (exact) mass is 295 g/mol. The van der Waals surface area contributed by atoms with Gasteiger partial charge in [0.25, 0.3) is 5.91 Å². The fraction of sp³-hybridized carbons (Fsp3) is 0.357. The van der Waals surface area contributed by atoms with Crippen LogP contribution in [-0.2, 0) is 14.3 Å². The number of methoxy groups -OCH3 is 1. The highest BCUT2D eigenvalue weighted by Crippen LogP contribution is 2.17. The number of phenolic OH excluding ortho intramolecular Hbond substituents is 1. The first-order valence-electron chi connectivity index (χ1n) is 6.25. The maximum atomic E-state index is 11.9. The molecular formula is C14H17NO6. The second-order valence-electron chi connectivity index (χ2n) is 4.48. The van der Waals surface area contributed by atoms with Crippen LogP contribution in [0.25, 0.3) is 0 Å². The van der Waals surface area contributed by atoms with E-state index >= 15 is 0 Å². The lowest BCUT2D eigenvalue weighted by molar-refractivity contribution is -0.142. The topological polar surface area (TPSA) is 113 Å². The summed E-state index contributed by atoms with van der Waals surface area (Å²) in [5.74, 6) is -2.49. The molecule has 0 heterocycles. The largest absolute Gasteiger partial charge is 0.508 e. The molecular weight excluding hydrogens is 278 g/mol. The number of hydrogen-bond donors (Lipinski definition) is 3. The SMILES string of the molecule is COC(=O)CC[C@H](NC(=O)c1ccc(C)c(O)c1)C(=O)O. The Morgan fingerprint density at radius 3 is 2.52 bits per heavy atom. The molecule has 0 bridgehead atoms. The zero-order valence-electron chi connectivity index (χ0n) is 11.8. The van der Waals surface area contributed by atoms with E-state index in [4.69, 9.17) is 5.11 Å². The Morgan fingerprint density at radius 2 is 2.00 bits per heavy atom. The number of carbonyl (C=O) groups is 3. The van der Waals surface area contributed by atoms with Crippen LogP contribution in [0.15, 0.2) is 18.2 Å². The summed E-state index contributed by atoms with van der Waals surface area (Å²) in [4.78, 5) is 34.0. The van der Waals surface area contributed by atoms with Crippen molar-refractivity contribution >= 4 is 17.8 Å². The molecule has 0 aliphatic carbocycles. The van der Waals surface area contributed by atoms with Crippen LogP contribution in [0, 0.1) is 6.92 Å². The maximum absolute atomic E-state index is 11.9. The molecule has 0 spiro atoms. The molecule has 1 amide bonds. The average Bonchev–Trinajstić information content (AvgIpc) is 2.45. The highest BCUT2D eigenvalue weighted by molar-refractivity contribution is 5.97. The number of esters is 1. The predicted octanol–water partition coefficient (Wildman–Crippen LogP) is 0.837. The summed E-state index contributed by atoms with van der Waals surface area (Å²) in [7, 11) is 1.20. The van der Waals surface area contributed by atoms with E-state index in [-0.39, 0.29) is 24.2 Å². The van der Waals surface area contributed by atoms with Crippen LogP contribution in [0.4, 0.5) is 0 Å². The zero-order valence-corrected chi connectivity index (χ0v) is 11.8. The minimum absolute atomic E-state index is 0.0518. The molecule has 7 nitrogen and oxygen atoms in total. The van der Waals surface area contributed by atoms with E-state index in [2.05, 4.69) is 10.1 Å². The van der Waals surface area contributed by atoms with Gasteiger partial charge in [0, 0.05) is 12.0 Å². The van der Waals surface area contributed by atoms with Crippen LogP contribution in [0.5, 0.6) is 5.75 Å². The summed E-state index contributed by atoms with van der Waals surface area (Å²) in [6, 6.07) is 3.07. The molecule has 1 rings (SSSR count). The molecule has 0 aliphatic rings. The van der Waals surface area contributed by atoms with Crippen molar-refractivity contribution in [1.29, 1.82) is 0 Å². The smallest absolute Gasteiger partial charge is 0.326 e. The van der Waals surface area contributed by atoms with E-state index in [9.17, 15) is 19.5 Å². The number of nitrogens with one attached hydrogen (secondary N) is 1. The lowest BCUT2D eigenvalue weighted by atomic mass is 10.1. The van der Waals surface area contributed by atoms with E-state index in [1.807, 2.05) is 0 Å². The number of ether oxygens (including phenoxy) is 1. The van der Waals surface area contributed by atoms with Crippen molar-refractivity contribution in [3.05, 3.63) is 29.3 Å². The highest BCUT2D eigenvalue weighted by Gasteiger charge is 2.22. The quantitative estimate of drug-likeness (QED) is 0.670. The van der Waals surface area contributed by atoms with Gasteiger partial charge < -0.3 is 20.3 Å². The predicted molar refractivity (Wildman–Crippen MR) is 73.0 cm³/mol. The Hall–Kier alpha value is -2.57. The lowest BCUT2D eigenvalue weighted by Gasteiger charge is -2.14. The number of hydrogen-bond acceptors (Lipinski definition) is 5. The van der Waals surface area contributed by atoms with Gasteiger partial charge in [-0.1, -0.05) is 6.07 Å². The number of benzene rings is 1. The Bertz CT molecular complexity index is 554. The van der Waals surface area contributed by atoms with Crippen molar-refractivity contribution in [3.8, 4) is 5.75 Å². The number of carboxylic acids is 1. The first-order valence-corrected chi connectivity index (χ1v) is 6.25. The number of amides is 1. The third kappa shape index (κ3) is 4.79. The van der Waals surface area contributed by atoms with Gasteiger partial charge in [0.1, 0.15) is 11.8 Å². The first kappa shape index (κ1) is 16.5. The molecule has 7 heteroatoms. The molecule has 0 saturated carbocycles. The molecule has 1 aromatic carbocycles. The average molecular weight is 295 g/mol. The molecule has 21 heavy (non-hydrogen) atoms. The zero-order chi connectivity index (χ0) is 16.0. The molecule has 0 aliphatic heterocycles. The standard InChI is InChI=1S/C14H17NO6/c1-8-3-4-9(7-11(8)16)13(18)15-10(14(19)20)5-6-12(17)21-2/h3-4,7,10,16H,5-6H2,1-2H3,(H,15,18)(H,19,20)/t10-/m0/s1. The molecule has 0 saturated heterocycles. The van der Waals surface area contributed by atoms with Crippen LogP contribution in [0.3, 0.4) is 0 Å². The minimum atomic E-state index is -1.25. The molecule has 114 valence electrons. The molecule has 1 atom stereocenters. The lowest BCUT2D eigenvalue weighted by Crippen LogP contribution is -2.41. The number of aromatic hydroxyl groups is 1. The summed E-state index contributed by atoms with van der Waals surface area (Å²) in [6.07, 6.45) is -0.196. The molecule has 0 unspecified atom stereocenters. The van der Waals surface area contributed by atoms with Gasteiger partial charge in [-0.25, -0.2) is 4.79 Å². The normalized spacial score (nSPS) is 11.5. The Balaban J connectivity index is 2.74. The van der Waals surface area contributed by atoms with E-state index in [1.165, 1.54) is 19.2 Å². The maximum Gasteiger partial charge on any atom is 0.326 e. The van der Waals surface area contributed by atoms with Crippen LogP contribution >= 0.6 is 0 Å². The second-order valence-corrected chi connectivity index (χ2v) is 4.48. The summed E-state index contributed by atoms with van der Waals surface area (Å²) in [6.45, 7) is 1.67. The summed E-state index contributed by atoms with van der Waals surface area (Å²) in [5.41, 5.74) is 0.745. The summed E-state index contributed by atoms with van der Waals surface area (Å²) in [5, 5.41) is 20.9. The Labute approximate surface area is 121 Å². The van der Waals surface area contributed by atoms with Crippen LogP contribution in [-0.4, -0.2) is 41.2 Å². The number of aliphatic carboxylic acids is 1. The molecule has 0 fully saturated rings. The molecule has 3 N–H and O–H groups in total. The van der Waals surface area contributed by atoms with Gasteiger partial charge in [-0.3, -0.25) is 9.59 Å². The van der Waals surface area contributed by atoms with Crippen molar-refractivity contribution < 1.29 is 29.3 Å². The number of phenols is 1. The third-order valence-corrected chi connectivity index (χ3v) is 2.94. The first-order chi connectivity index (χ1) is 9.85. The van der Waals surface area contributed by atoms with Gasteiger partial charge in [0.2, 0.25) is 0 Å².